The molecule has 0 radical (unpaired) electrons. The van der Waals surface area contributed by atoms with E-state index < -0.39 is 39.2 Å². The van der Waals surface area contributed by atoms with E-state index in [1.54, 1.807) is 0 Å². The molecule has 2 aromatic carbocycles. The molecule has 1 aliphatic carbocycles. The molecule has 260 valence electrons. The standard InChI is InChI=1S/C27H33BrF3N5O3S.C2HF3O2/c1-26(2,3)36-24-20-6-4-5-7-21(20)34-25(35-24)32-15-17-8-10-18(11-9-17)16-33-40(37,38)23-13-12-19(28)14-22(23)39-27(29,30)31;3-2(4,5)1(6)7/h4-7,12-14,17-18,33H,8-11,15-16H2,1-3H3,(H2,32,34,35,36);(H,6,7). The fourth-order valence-electron chi connectivity index (χ4n) is 4.70. The van der Waals surface area contributed by atoms with Crippen molar-refractivity contribution in [2.75, 3.05) is 23.7 Å². The number of aromatic nitrogens is 2. The quantitative estimate of drug-likeness (QED) is 0.165. The maximum absolute atomic E-state index is 12.8. The van der Waals surface area contributed by atoms with Crippen LogP contribution in [0.4, 0.5) is 38.1 Å². The highest BCUT2D eigenvalue weighted by Gasteiger charge is 2.38. The lowest BCUT2D eigenvalue weighted by molar-refractivity contribution is -0.275. The molecule has 0 atom stereocenters. The van der Waals surface area contributed by atoms with Crippen molar-refractivity contribution in [1.82, 2.24) is 14.7 Å². The third-order valence-corrected chi connectivity index (χ3v) is 8.79. The highest BCUT2D eigenvalue weighted by atomic mass is 79.9. The SMILES string of the molecule is CC(C)(C)Nc1nc(NCC2CCC(CNS(=O)(=O)c3ccc(Br)cc3OC(F)(F)F)CC2)nc2ccccc12.O=C(O)C(F)(F)F. The molecule has 10 nitrogen and oxygen atoms in total. The summed E-state index contributed by atoms with van der Waals surface area (Å²) in [5.41, 5.74) is 0.677. The Balaban J connectivity index is 0.000000771. The van der Waals surface area contributed by atoms with Gasteiger partial charge in [0.15, 0.2) is 5.75 Å². The summed E-state index contributed by atoms with van der Waals surface area (Å²) in [4.78, 5) is 17.7. The third-order valence-electron chi connectivity index (χ3n) is 6.84. The molecule has 0 bridgehead atoms. The number of nitrogens with zero attached hydrogens (tertiary/aromatic N) is 2. The molecule has 4 rings (SSSR count). The van der Waals surface area contributed by atoms with Crippen LogP contribution in [0.1, 0.15) is 46.5 Å². The van der Waals surface area contributed by atoms with Crippen molar-refractivity contribution >= 4 is 54.6 Å². The number of carbonyl (C=O) groups is 1. The first-order chi connectivity index (χ1) is 21.6. The Morgan fingerprint density at radius 3 is 2.09 bits per heavy atom. The third kappa shape index (κ3) is 12.3. The minimum absolute atomic E-state index is 0.0768. The van der Waals surface area contributed by atoms with Crippen molar-refractivity contribution in [3.63, 3.8) is 0 Å². The van der Waals surface area contributed by atoms with Gasteiger partial charge in [-0.1, -0.05) is 28.1 Å². The Morgan fingerprint density at radius 1 is 0.957 bits per heavy atom. The van der Waals surface area contributed by atoms with E-state index in [1.165, 1.54) is 6.07 Å². The van der Waals surface area contributed by atoms with Gasteiger partial charge in [0.2, 0.25) is 16.0 Å². The molecule has 1 aromatic heterocycles. The fraction of sp³-hybridized carbons (Fsp3) is 0.483. The molecular weight excluding hydrogens is 724 g/mol. The predicted octanol–water partition coefficient (Wildman–Crippen LogP) is 7.33. The molecule has 3 aromatic rings. The molecule has 0 amide bonds. The van der Waals surface area contributed by atoms with Crippen molar-refractivity contribution in [1.29, 1.82) is 0 Å². The second-order valence-corrected chi connectivity index (χ2v) is 14.5. The number of hydrogen-bond donors (Lipinski definition) is 4. The number of alkyl halides is 6. The van der Waals surface area contributed by atoms with Gasteiger partial charge in [-0.15, -0.1) is 13.2 Å². The van der Waals surface area contributed by atoms with Gasteiger partial charge in [-0.2, -0.15) is 18.2 Å². The Kier molecular flexibility index (Phi) is 12.3. The number of benzene rings is 2. The molecule has 0 unspecified atom stereocenters. The van der Waals surface area contributed by atoms with E-state index in [0.717, 1.165) is 54.5 Å². The number of fused-ring (bicyclic) bond motifs is 1. The Labute approximate surface area is 275 Å². The van der Waals surface area contributed by atoms with E-state index in [2.05, 4.69) is 61.8 Å². The Hall–Kier alpha value is -3.38. The number of halogens is 7. The first-order valence-corrected chi connectivity index (χ1v) is 16.5. The first-order valence-electron chi connectivity index (χ1n) is 14.3. The van der Waals surface area contributed by atoms with E-state index in [0.29, 0.717) is 18.4 Å². The molecule has 1 saturated carbocycles. The van der Waals surface area contributed by atoms with Crippen LogP contribution < -0.4 is 20.1 Å². The minimum atomic E-state index is -5.08. The molecule has 1 fully saturated rings. The zero-order valence-electron chi connectivity index (χ0n) is 25.5. The Bertz CT molecular complexity index is 1640. The summed E-state index contributed by atoms with van der Waals surface area (Å²) in [6.45, 7) is 7.04. The molecule has 1 aliphatic rings. The van der Waals surface area contributed by atoms with E-state index in [-0.39, 0.29) is 22.5 Å². The van der Waals surface area contributed by atoms with Crippen molar-refractivity contribution < 1.29 is 49.4 Å². The van der Waals surface area contributed by atoms with Gasteiger partial charge in [-0.05, 0) is 88.6 Å². The maximum atomic E-state index is 12.8. The average Bonchev–Trinajstić information content (AvgIpc) is 2.94. The Morgan fingerprint density at radius 2 is 1.53 bits per heavy atom. The van der Waals surface area contributed by atoms with Gasteiger partial charge < -0.3 is 20.5 Å². The second-order valence-electron chi connectivity index (χ2n) is 11.8. The van der Waals surface area contributed by atoms with Crippen molar-refractivity contribution in [3.8, 4) is 5.75 Å². The largest absolute Gasteiger partial charge is 0.573 e. The van der Waals surface area contributed by atoms with Gasteiger partial charge in [0.25, 0.3) is 0 Å². The molecule has 4 N–H and O–H groups in total. The summed E-state index contributed by atoms with van der Waals surface area (Å²) in [5, 5.41) is 14.9. The number of ether oxygens (including phenoxy) is 1. The highest BCUT2D eigenvalue weighted by molar-refractivity contribution is 9.10. The molecule has 47 heavy (non-hydrogen) atoms. The van der Waals surface area contributed by atoms with Gasteiger partial charge in [0.05, 0.1) is 5.52 Å². The van der Waals surface area contributed by atoms with Crippen LogP contribution in [0.15, 0.2) is 51.8 Å². The van der Waals surface area contributed by atoms with Gasteiger partial charge >= 0.3 is 18.5 Å². The van der Waals surface area contributed by atoms with Crippen LogP contribution in [0.3, 0.4) is 0 Å². The highest BCUT2D eigenvalue weighted by Crippen LogP contribution is 2.33. The zero-order chi connectivity index (χ0) is 35.2. The molecule has 0 aliphatic heterocycles. The lowest BCUT2D eigenvalue weighted by Crippen LogP contribution is -2.33. The van der Waals surface area contributed by atoms with Crippen LogP contribution in [0, 0.1) is 11.8 Å². The van der Waals surface area contributed by atoms with Crippen LogP contribution in [-0.4, -0.2) is 60.6 Å². The number of hydrogen-bond acceptors (Lipinski definition) is 8. The topological polar surface area (TPSA) is 143 Å². The average molecular weight is 759 g/mol. The van der Waals surface area contributed by atoms with Gasteiger partial charge in [-0.3, -0.25) is 0 Å². The second kappa shape index (κ2) is 15.2. The van der Waals surface area contributed by atoms with Gasteiger partial charge in [0.1, 0.15) is 10.7 Å². The summed E-state index contributed by atoms with van der Waals surface area (Å²) in [6.07, 6.45) is -6.77. The van der Waals surface area contributed by atoms with E-state index >= 15 is 0 Å². The number of nitrogens with one attached hydrogen (secondary N) is 3. The predicted molar refractivity (Wildman–Crippen MR) is 167 cm³/mol. The monoisotopic (exact) mass is 757 g/mol. The number of rotatable bonds is 9. The van der Waals surface area contributed by atoms with Crippen LogP contribution >= 0.6 is 15.9 Å². The van der Waals surface area contributed by atoms with Crippen molar-refractivity contribution in [2.24, 2.45) is 11.8 Å². The molecule has 1 heterocycles. The van der Waals surface area contributed by atoms with Crippen molar-refractivity contribution in [2.45, 2.75) is 69.4 Å². The minimum Gasteiger partial charge on any atom is -0.475 e. The number of sulfonamides is 1. The van der Waals surface area contributed by atoms with Crippen LogP contribution in [0.2, 0.25) is 0 Å². The van der Waals surface area contributed by atoms with E-state index in [4.69, 9.17) is 14.9 Å². The summed E-state index contributed by atoms with van der Waals surface area (Å²) < 4.78 is 103. The number of para-hydroxylation sites is 1. The molecule has 0 saturated heterocycles. The number of carboxylic acid groups (broad SMARTS) is 1. The molecule has 0 spiro atoms. The lowest BCUT2D eigenvalue weighted by Gasteiger charge is -2.29. The van der Waals surface area contributed by atoms with Crippen LogP contribution in [0.5, 0.6) is 5.75 Å². The number of anilines is 2. The van der Waals surface area contributed by atoms with Crippen LogP contribution in [-0.2, 0) is 14.8 Å². The van der Waals surface area contributed by atoms with E-state index in [1.807, 2.05) is 24.3 Å². The van der Waals surface area contributed by atoms with E-state index in [9.17, 15) is 34.8 Å². The first kappa shape index (κ1) is 38.1. The maximum Gasteiger partial charge on any atom is 0.573 e. The summed E-state index contributed by atoms with van der Waals surface area (Å²) in [6, 6.07) is 11.3. The van der Waals surface area contributed by atoms with Crippen LogP contribution in [0.25, 0.3) is 10.9 Å². The van der Waals surface area contributed by atoms with Gasteiger partial charge in [-0.25, -0.2) is 22.9 Å². The summed E-state index contributed by atoms with van der Waals surface area (Å²) in [7, 11) is -4.21. The van der Waals surface area contributed by atoms with Crippen molar-refractivity contribution in [3.05, 3.63) is 46.9 Å². The molecular formula is C29H34BrF6N5O5S. The summed E-state index contributed by atoms with van der Waals surface area (Å²) >= 11 is 3.05. The smallest absolute Gasteiger partial charge is 0.475 e. The fourth-order valence-corrected chi connectivity index (χ4v) is 6.26. The zero-order valence-corrected chi connectivity index (χ0v) is 27.9. The number of aliphatic carboxylic acids is 1. The lowest BCUT2D eigenvalue weighted by atomic mass is 9.82. The van der Waals surface area contributed by atoms with Gasteiger partial charge in [0, 0.05) is 28.5 Å². The normalized spacial score (nSPS) is 17.4. The number of carboxylic acids is 1. The summed E-state index contributed by atoms with van der Waals surface area (Å²) in [5.74, 6) is -1.78. The molecule has 18 heteroatoms.